The average molecular weight is 608 g/mol. The molecule has 2 amide bonds. The normalized spacial score (nSPS) is 17.8. The molecule has 0 aromatic heterocycles. The summed E-state index contributed by atoms with van der Waals surface area (Å²) in [5.41, 5.74) is 1.53. The number of piperazine rings is 1. The molecule has 9 heteroatoms. The molecule has 0 spiro atoms. The number of carbonyl (C=O) groups is 3. The van der Waals surface area contributed by atoms with Gasteiger partial charge in [0.1, 0.15) is 18.0 Å². The molecule has 0 saturated carbocycles. The molecule has 2 heterocycles. The van der Waals surface area contributed by atoms with E-state index in [2.05, 4.69) is 30.9 Å². The van der Waals surface area contributed by atoms with Crippen LogP contribution in [-0.2, 0) is 25.7 Å². The zero-order valence-electron chi connectivity index (χ0n) is 27.4. The number of anilines is 1. The van der Waals surface area contributed by atoms with Crippen molar-refractivity contribution < 1.29 is 28.6 Å². The number of ether oxygens (including phenoxy) is 3. The summed E-state index contributed by atoms with van der Waals surface area (Å²) < 4.78 is 17.4. The van der Waals surface area contributed by atoms with E-state index in [-0.39, 0.29) is 30.5 Å². The molecule has 0 aliphatic carbocycles. The highest BCUT2D eigenvalue weighted by atomic mass is 16.6. The monoisotopic (exact) mass is 607 g/mol. The summed E-state index contributed by atoms with van der Waals surface area (Å²) in [5.74, 6) is 0.534. The predicted octanol–water partition coefficient (Wildman–Crippen LogP) is 6.01. The zero-order valence-corrected chi connectivity index (χ0v) is 27.4. The number of hydrogen-bond acceptors (Lipinski definition) is 7. The molecule has 44 heavy (non-hydrogen) atoms. The molecule has 4 rings (SSSR count). The smallest absolute Gasteiger partial charge is 0.410 e. The lowest BCUT2D eigenvalue weighted by atomic mass is 9.97. The van der Waals surface area contributed by atoms with Gasteiger partial charge in [-0.1, -0.05) is 44.2 Å². The Hall–Kier alpha value is -3.75. The van der Waals surface area contributed by atoms with E-state index in [0.717, 1.165) is 30.6 Å². The summed E-state index contributed by atoms with van der Waals surface area (Å²) in [4.78, 5) is 44.4. The van der Waals surface area contributed by atoms with Crippen LogP contribution in [0.2, 0.25) is 0 Å². The molecule has 240 valence electrons. The second-order valence-corrected chi connectivity index (χ2v) is 13.7. The van der Waals surface area contributed by atoms with E-state index in [1.165, 1.54) is 5.56 Å². The number of hydrogen-bond donors (Lipinski definition) is 0. The topological polar surface area (TPSA) is 88.6 Å². The molecule has 2 saturated heterocycles. The first kappa shape index (κ1) is 33.1. The third kappa shape index (κ3) is 8.89. The van der Waals surface area contributed by atoms with Crippen LogP contribution >= 0.6 is 0 Å². The Morgan fingerprint density at radius 1 is 0.886 bits per heavy atom. The van der Waals surface area contributed by atoms with Crippen molar-refractivity contribution in [2.45, 2.75) is 85.0 Å². The van der Waals surface area contributed by atoms with E-state index >= 15 is 0 Å². The van der Waals surface area contributed by atoms with Gasteiger partial charge in [-0.25, -0.2) is 4.79 Å². The van der Waals surface area contributed by atoms with E-state index in [0.29, 0.717) is 44.4 Å². The van der Waals surface area contributed by atoms with Gasteiger partial charge in [-0.2, -0.15) is 0 Å². The SMILES string of the molecule is CC(C)c1ccc(COC(=O)[C@@H]2CCCN(c3cccc(OC(C)(C)C(=O)N4CCN(C(=O)OC(C)(C)C)CC4)c3)C2)cc1. The number of esters is 1. The van der Waals surface area contributed by atoms with E-state index in [9.17, 15) is 14.4 Å². The molecule has 9 nitrogen and oxygen atoms in total. The maximum atomic E-state index is 13.4. The maximum absolute atomic E-state index is 13.4. The minimum atomic E-state index is -1.10. The number of rotatable bonds is 8. The number of piperidine rings is 1. The first-order valence-electron chi connectivity index (χ1n) is 15.8. The standard InChI is InChI=1S/C35H49N3O6/c1-25(2)27-15-13-26(14-16-27)24-42-31(39)28-10-9-17-38(23-28)29-11-8-12-30(22-29)43-35(6,7)32(40)36-18-20-37(21-19-36)33(41)44-34(3,4)5/h8,11-16,22,25,28H,9-10,17-21,23-24H2,1-7H3/t28-/m1/s1. The van der Waals surface area contributed by atoms with Gasteiger partial charge < -0.3 is 28.9 Å². The van der Waals surface area contributed by atoms with Gasteiger partial charge in [-0.05, 0) is 76.6 Å². The van der Waals surface area contributed by atoms with Crippen LogP contribution in [0.3, 0.4) is 0 Å². The molecule has 0 unspecified atom stereocenters. The molecule has 2 aliphatic rings. The Labute approximate surface area is 262 Å². The summed E-state index contributed by atoms with van der Waals surface area (Å²) in [6, 6.07) is 15.9. The Morgan fingerprint density at radius 3 is 2.18 bits per heavy atom. The van der Waals surface area contributed by atoms with Crippen molar-refractivity contribution in [2.75, 3.05) is 44.2 Å². The summed E-state index contributed by atoms with van der Waals surface area (Å²) in [6.07, 6.45) is 1.31. The van der Waals surface area contributed by atoms with E-state index in [1.54, 1.807) is 23.6 Å². The van der Waals surface area contributed by atoms with Crippen LogP contribution in [0.5, 0.6) is 5.75 Å². The number of nitrogens with zero attached hydrogens (tertiary/aromatic N) is 3. The predicted molar refractivity (Wildman–Crippen MR) is 171 cm³/mol. The van der Waals surface area contributed by atoms with Crippen molar-refractivity contribution in [3.8, 4) is 5.75 Å². The Bertz CT molecular complexity index is 1290. The first-order chi connectivity index (χ1) is 20.7. The molecule has 2 fully saturated rings. The van der Waals surface area contributed by atoms with Crippen molar-refractivity contribution in [3.05, 3.63) is 59.7 Å². The van der Waals surface area contributed by atoms with Gasteiger partial charge in [-0.15, -0.1) is 0 Å². The summed E-state index contributed by atoms with van der Waals surface area (Å²) >= 11 is 0. The van der Waals surface area contributed by atoms with Crippen molar-refractivity contribution in [3.63, 3.8) is 0 Å². The van der Waals surface area contributed by atoms with E-state index in [1.807, 2.05) is 57.2 Å². The number of amides is 2. The van der Waals surface area contributed by atoms with Crippen LogP contribution in [-0.4, -0.2) is 78.2 Å². The van der Waals surface area contributed by atoms with Gasteiger partial charge in [0.15, 0.2) is 5.60 Å². The lowest BCUT2D eigenvalue weighted by Crippen LogP contribution is -2.57. The lowest BCUT2D eigenvalue weighted by molar-refractivity contribution is -0.150. The quantitative estimate of drug-likeness (QED) is 0.340. The van der Waals surface area contributed by atoms with Crippen LogP contribution in [0.25, 0.3) is 0 Å². The molecule has 0 N–H and O–H groups in total. The molecule has 1 atom stereocenters. The molecule has 0 radical (unpaired) electrons. The summed E-state index contributed by atoms with van der Waals surface area (Å²) in [7, 11) is 0. The number of carbonyl (C=O) groups excluding carboxylic acids is 3. The lowest BCUT2D eigenvalue weighted by Gasteiger charge is -2.39. The fraction of sp³-hybridized carbons (Fsp3) is 0.571. The molecule has 2 aromatic rings. The highest BCUT2D eigenvalue weighted by Gasteiger charge is 2.37. The third-order valence-electron chi connectivity index (χ3n) is 8.07. The van der Waals surface area contributed by atoms with Crippen molar-refractivity contribution in [1.82, 2.24) is 9.80 Å². The average Bonchev–Trinajstić information content (AvgIpc) is 2.99. The van der Waals surface area contributed by atoms with Gasteiger partial charge in [0.05, 0.1) is 5.92 Å². The highest BCUT2D eigenvalue weighted by Crippen LogP contribution is 2.29. The van der Waals surface area contributed by atoms with Crippen LogP contribution in [0.4, 0.5) is 10.5 Å². The molecule has 2 aliphatic heterocycles. The Morgan fingerprint density at radius 2 is 1.55 bits per heavy atom. The minimum absolute atomic E-state index is 0.133. The molecular weight excluding hydrogens is 558 g/mol. The van der Waals surface area contributed by atoms with Gasteiger partial charge >= 0.3 is 12.1 Å². The van der Waals surface area contributed by atoms with E-state index < -0.39 is 11.2 Å². The highest BCUT2D eigenvalue weighted by molar-refractivity contribution is 5.85. The fourth-order valence-corrected chi connectivity index (χ4v) is 5.56. The van der Waals surface area contributed by atoms with Crippen LogP contribution in [0, 0.1) is 5.92 Å². The largest absolute Gasteiger partial charge is 0.478 e. The van der Waals surface area contributed by atoms with Gasteiger partial charge in [0.25, 0.3) is 5.91 Å². The molecular formula is C35H49N3O6. The van der Waals surface area contributed by atoms with Crippen LogP contribution in [0.15, 0.2) is 48.5 Å². The van der Waals surface area contributed by atoms with Gasteiger partial charge in [0, 0.05) is 51.0 Å². The first-order valence-corrected chi connectivity index (χ1v) is 15.8. The van der Waals surface area contributed by atoms with Gasteiger partial charge in [0.2, 0.25) is 0 Å². The Balaban J connectivity index is 1.30. The third-order valence-corrected chi connectivity index (χ3v) is 8.07. The minimum Gasteiger partial charge on any atom is -0.478 e. The molecule has 2 aromatic carbocycles. The zero-order chi connectivity index (χ0) is 32.1. The fourth-order valence-electron chi connectivity index (χ4n) is 5.56. The maximum Gasteiger partial charge on any atom is 0.410 e. The van der Waals surface area contributed by atoms with Crippen LogP contribution < -0.4 is 9.64 Å². The second kappa shape index (κ2) is 13.9. The molecule has 0 bridgehead atoms. The second-order valence-electron chi connectivity index (χ2n) is 13.7. The van der Waals surface area contributed by atoms with Gasteiger partial charge in [-0.3, -0.25) is 9.59 Å². The van der Waals surface area contributed by atoms with Crippen LogP contribution in [0.1, 0.15) is 78.4 Å². The van der Waals surface area contributed by atoms with E-state index in [4.69, 9.17) is 14.2 Å². The Kier molecular flexibility index (Phi) is 10.5. The van der Waals surface area contributed by atoms with Crippen molar-refractivity contribution in [2.24, 2.45) is 5.92 Å². The summed E-state index contributed by atoms with van der Waals surface area (Å²) in [5, 5.41) is 0. The number of benzene rings is 2. The van der Waals surface area contributed by atoms with Crippen molar-refractivity contribution in [1.29, 1.82) is 0 Å². The summed E-state index contributed by atoms with van der Waals surface area (Å²) in [6.45, 7) is 16.7. The van der Waals surface area contributed by atoms with Crippen molar-refractivity contribution >= 4 is 23.7 Å².